The largest absolute Gasteiger partial charge is 0.348 e. The smallest absolute Gasteiger partial charge is 0.264 e. The molecule has 2 heterocycles. The zero-order valence-corrected chi connectivity index (χ0v) is 11.9. The first-order chi connectivity index (χ1) is 9.97. The van der Waals surface area contributed by atoms with E-state index in [-0.39, 0.29) is 0 Å². The van der Waals surface area contributed by atoms with Gasteiger partial charge in [-0.25, -0.2) is 18.9 Å². The monoisotopic (exact) mass is 287 g/mol. The second kappa shape index (κ2) is 4.69. The Bertz CT molecular complexity index is 874. The molecule has 3 rings (SSSR count). The maximum Gasteiger partial charge on any atom is 0.348 e. The minimum atomic E-state index is -0.419. The minimum absolute atomic E-state index is 0.400. The number of nitrogens with zero attached hydrogens (tertiary/aromatic N) is 4. The number of hydrogen-bond acceptors (Lipinski definition) is 3. The molecule has 0 amide bonds. The van der Waals surface area contributed by atoms with Gasteiger partial charge in [0.25, 0.3) is 0 Å². The molecule has 21 heavy (non-hydrogen) atoms. The number of aromatic amines is 1. The Morgan fingerprint density at radius 3 is 2.67 bits per heavy atom. The average molecular weight is 287 g/mol. The van der Waals surface area contributed by atoms with Crippen LogP contribution in [0.3, 0.4) is 0 Å². The first-order valence-corrected chi connectivity index (χ1v) is 6.42. The van der Waals surface area contributed by atoms with E-state index in [2.05, 4.69) is 15.3 Å². The molecular weight excluding hydrogens is 273 g/mol. The van der Waals surface area contributed by atoms with Crippen molar-refractivity contribution in [1.82, 2.24) is 24.5 Å². The molecule has 0 bridgehead atoms. The van der Waals surface area contributed by atoms with Gasteiger partial charge in [0.15, 0.2) is 5.82 Å². The Balaban J connectivity index is 2.30. The molecule has 0 radical (unpaired) electrons. The van der Waals surface area contributed by atoms with Gasteiger partial charge in [0.05, 0.1) is 11.4 Å². The lowest BCUT2D eigenvalue weighted by Gasteiger charge is -2.09. The number of halogens is 1. The molecule has 2 aromatic heterocycles. The Morgan fingerprint density at radius 1 is 1.24 bits per heavy atom. The molecule has 0 atom stereocenters. The van der Waals surface area contributed by atoms with Gasteiger partial charge in [0.1, 0.15) is 11.5 Å². The maximum absolute atomic E-state index is 13.5. The summed E-state index contributed by atoms with van der Waals surface area (Å²) >= 11 is 0. The number of hydrogen-bond donors (Lipinski definition) is 1. The molecule has 108 valence electrons. The van der Waals surface area contributed by atoms with Crippen molar-refractivity contribution in [1.29, 1.82) is 0 Å². The SMILES string of the molecule is Cc1cc(-c2n[nH]c(=O)n2-c2cc(F)ccc2C)n(C)n1. The normalized spacial score (nSPS) is 11.0. The zero-order chi connectivity index (χ0) is 15.1. The molecule has 0 fully saturated rings. The Labute approximate surface area is 119 Å². The van der Waals surface area contributed by atoms with E-state index in [0.29, 0.717) is 17.2 Å². The summed E-state index contributed by atoms with van der Waals surface area (Å²) in [6, 6.07) is 6.12. The van der Waals surface area contributed by atoms with Crippen LogP contribution in [0.1, 0.15) is 11.3 Å². The summed E-state index contributed by atoms with van der Waals surface area (Å²) in [6.45, 7) is 3.67. The highest BCUT2D eigenvalue weighted by atomic mass is 19.1. The van der Waals surface area contributed by atoms with E-state index in [1.807, 2.05) is 19.9 Å². The van der Waals surface area contributed by atoms with Crippen molar-refractivity contribution in [3.05, 3.63) is 51.8 Å². The molecule has 1 N–H and O–H groups in total. The number of H-pyrrole nitrogens is 1. The summed E-state index contributed by atoms with van der Waals surface area (Å²) in [6.07, 6.45) is 0. The van der Waals surface area contributed by atoms with E-state index < -0.39 is 11.5 Å². The van der Waals surface area contributed by atoms with Gasteiger partial charge in [-0.05, 0) is 37.6 Å². The van der Waals surface area contributed by atoms with Crippen LogP contribution >= 0.6 is 0 Å². The van der Waals surface area contributed by atoms with E-state index in [1.165, 1.54) is 16.7 Å². The van der Waals surface area contributed by atoms with Crippen molar-refractivity contribution in [3.63, 3.8) is 0 Å². The first-order valence-electron chi connectivity index (χ1n) is 6.42. The van der Waals surface area contributed by atoms with Crippen LogP contribution in [0.2, 0.25) is 0 Å². The zero-order valence-electron chi connectivity index (χ0n) is 11.9. The van der Waals surface area contributed by atoms with Gasteiger partial charge in [-0.2, -0.15) is 10.2 Å². The summed E-state index contributed by atoms with van der Waals surface area (Å²) < 4.78 is 16.5. The van der Waals surface area contributed by atoms with E-state index >= 15 is 0 Å². The molecule has 1 aromatic carbocycles. The number of aryl methyl sites for hydroxylation is 3. The fourth-order valence-electron chi connectivity index (χ4n) is 2.34. The van der Waals surface area contributed by atoms with Crippen LogP contribution in [0, 0.1) is 19.7 Å². The second-order valence-electron chi connectivity index (χ2n) is 4.91. The predicted octanol–water partition coefficient (Wildman–Crippen LogP) is 1.72. The van der Waals surface area contributed by atoms with Gasteiger partial charge in [-0.1, -0.05) is 6.07 Å². The summed E-state index contributed by atoms with van der Waals surface area (Å²) in [5.41, 5.74) is 2.31. The Kier molecular flexibility index (Phi) is 2.97. The van der Waals surface area contributed by atoms with Crippen LogP contribution < -0.4 is 5.69 Å². The number of aromatic nitrogens is 5. The van der Waals surface area contributed by atoms with Crippen LogP contribution in [-0.4, -0.2) is 24.5 Å². The lowest BCUT2D eigenvalue weighted by atomic mass is 10.2. The molecule has 0 aliphatic rings. The fourth-order valence-corrected chi connectivity index (χ4v) is 2.34. The van der Waals surface area contributed by atoms with Gasteiger partial charge >= 0.3 is 5.69 Å². The van der Waals surface area contributed by atoms with Crippen molar-refractivity contribution >= 4 is 0 Å². The van der Waals surface area contributed by atoms with Gasteiger partial charge in [-0.15, -0.1) is 0 Å². The molecule has 6 nitrogen and oxygen atoms in total. The molecule has 3 aromatic rings. The lowest BCUT2D eigenvalue weighted by molar-refractivity contribution is 0.625. The highest BCUT2D eigenvalue weighted by Crippen LogP contribution is 2.21. The Morgan fingerprint density at radius 2 is 2.00 bits per heavy atom. The molecule has 7 heteroatoms. The van der Waals surface area contributed by atoms with Crippen LogP contribution in [0.4, 0.5) is 4.39 Å². The van der Waals surface area contributed by atoms with E-state index in [0.717, 1.165) is 11.3 Å². The molecule has 0 unspecified atom stereocenters. The molecule has 0 spiro atoms. The van der Waals surface area contributed by atoms with Gasteiger partial charge in [-0.3, -0.25) is 4.68 Å². The maximum atomic E-state index is 13.5. The standard InChI is InChI=1S/C14H14FN5O/c1-8-4-5-10(15)7-11(8)20-13(16-17-14(20)21)12-6-9(2)18-19(12)3/h4-7H,1-3H3,(H,17,21). The molecule has 0 saturated heterocycles. The minimum Gasteiger partial charge on any atom is -0.264 e. The van der Waals surface area contributed by atoms with Crippen molar-refractivity contribution in [3.8, 4) is 17.2 Å². The molecular formula is C14H14FN5O. The third kappa shape index (κ3) is 2.16. The van der Waals surface area contributed by atoms with E-state index in [1.54, 1.807) is 17.8 Å². The number of nitrogens with one attached hydrogen (secondary N) is 1. The van der Waals surface area contributed by atoms with E-state index in [9.17, 15) is 9.18 Å². The predicted molar refractivity (Wildman–Crippen MR) is 75.8 cm³/mol. The topological polar surface area (TPSA) is 68.5 Å². The fraction of sp³-hybridized carbons (Fsp3) is 0.214. The second-order valence-corrected chi connectivity index (χ2v) is 4.91. The highest BCUT2D eigenvalue weighted by molar-refractivity contribution is 5.56. The number of benzene rings is 1. The van der Waals surface area contributed by atoms with Gasteiger partial charge in [0, 0.05) is 7.05 Å². The van der Waals surface area contributed by atoms with Gasteiger partial charge < -0.3 is 0 Å². The van der Waals surface area contributed by atoms with Crippen LogP contribution in [0.5, 0.6) is 0 Å². The summed E-state index contributed by atoms with van der Waals surface area (Å²) in [4.78, 5) is 12.1. The highest BCUT2D eigenvalue weighted by Gasteiger charge is 2.17. The first kappa shape index (κ1) is 13.3. The molecule has 0 saturated carbocycles. The number of rotatable bonds is 2. The quantitative estimate of drug-likeness (QED) is 0.780. The van der Waals surface area contributed by atoms with Gasteiger partial charge in [0.2, 0.25) is 0 Å². The van der Waals surface area contributed by atoms with E-state index in [4.69, 9.17) is 0 Å². The van der Waals surface area contributed by atoms with Crippen molar-refractivity contribution in [2.45, 2.75) is 13.8 Å². The third-order valence-corrected chi connectivity index (χ3v) is 3.32. The lowest BCUT2D eigenvalue weighted by Crippen LogP contribution is -2.17. The van der Waals surface area contributed by atoms with Crippen molar-refractivity contribution in [2.24, 2.45) is 7.05 Å². The summed E-state index contributed by atoms with van der Waals surface area (Å²) in [5.74, 6) is -0.00682. The van der Waals surface area contributed by atoms with Crippen LogP contribution in [0.25, 0.3) is 17.2 Å². The molecule has 0 aliphatic heterocycles. The van der Waals surface area contributed by atoms with Crippen LogP contribution in [-0.2, 0) is 7.05 Å². The van der Waals surface area contributed by atoms with Crippen LogP contribution in [0.15, 0.2) is 29.1 Å². The third-order valence-electron chi connectivity index (χ3n) is 3.32. The van der Waals surface area contributed by atoms with Crippen molar-refractivity contribution in [2.75, 3.05) is 0 Å². The summed E-state index contributed by atoms with van der Waals surface area (Å²) in [5, 5.41) is 10.7. The Hall–Kier alpha value is -2.70. The molecule has 0 aliphatic carbocycles. The van der Waals surface area contributed by atoms with Crippen molar-refractivity contribution < 1.29 is 4.39 Å². The average Bonchev–Trinajstić information content (AvgIpc) is 2.95. The summed E-state index contributed by atoms with van der Waals surface area (Å²) in [7, 11) is 1.77.